The topological polar surface area (TPSA) is 32.3 Å². The van der Waals surface area contributed by atoms with Gasteiger partial charge in [0.2, 0.25) is 5.91 Å². The molecule has 17 heavy (non-hydrogen) atoms. The van der Waals surface area contributed by atoms with Gasteiger partial charge in [-0.15, -0.1) is 0 Å². The first-order valence-corrected chi connectivity index (χ1v) is 5.48. The summed E-state index contributed by atoms with van der Waals surface area (Å²) in [6, 6.07) is 3.83. The van der Waals surface area contributed by atoms with Gasteiger partial charge in [-0.25, -0.2) is 8.78 Å². The maximum absolute atomic E-state index is 13.0. The van der Waals surface area contributed by atoms with Gasteiger partial charge < -0.3 is 10.2 Å². The van der Waals surface area contributed by atoms with Crippen molar-refractivity contribution >= 4 is 5.91 Å². The van der Waals surface area contributed by atoms with Gasteiger partial charge in [0.05, 0.1) is 6.54 Å². The van der Waals surface area contributed by atoms with Crippen LogP contribution in [0.3, 0.4) is 0 Å². The number of piperazine rings is 1. The lowest BCUT2D eigenvalue weighted by Crippen LogP contribution is -2.53. The third-order valence-electron chi connectivity index (χ3n) is 3.05. The van der Waals surface area contributed by atoms with Gasteiger partial charge in [-0.3, -0.25) is 4.79 Å². The summed E-state index contributed by atoms with van der Waals surface area (Å²) >= 11 is 0. The smallest absolute Gasteiger partial charge is 0.236 e. The molecule has 1 saturated heterocycles. The van der Waals surface area contributed by atoms with Crippen molar-refractivity contribution < 1.29 is 13.6 Å². The summed E-state index contributed by atoms with van der Waals surface area (Å²) in [5, 5.41) is 3.00. The average molecular weight is 240 g/mol. The van der Waals surface area contributed by atoms with Crippen LogP contribution in [-0.2, 0) is 11.2 Å². The minimum Gasteiger partial charge on any atom is -0.340 e. The van der Waals surface area contributed by atoms with E-state index in [1.807, 2.05) is 0 Å². The number of benzene rings is 1. The minimum absolute atomic E-state index is 0.0129. The van der Waals surface area contributed by atoms with Crippen LogP contribution in [-0.4, -0.2) is 37.0 Å². The average Bonchev–Trinajstić information content (AvgIpc) is 2.30. The second-order valence-corrected chi connectivity index (χ2v) is 4.24. The highest BCUT2D eigenvalue weighted by atomic mass is 19.2. The summed E-state index contributed by atoms with van der Waals surface area (Å²) in [5.74, 6) is -1.68. The first-order valence-electron chi connectivity index (χ1n) is 5.48. The summed E-state index contributed by atoms with van der Waals surface area (Å²) < 4.78 is 25.8. The van der Waals surface area contributed by atoms with Crippen LogP contribution in [0.4, 0.5) is 8.78 Å². The van der Waals surface area contributed by atoms with E-state index in [0.717, 1.165) is 6.07 Å². The lowest BCUT2D eigenvalue weighted by molar-refractivity contribution is -0.133. The van der Waals surface area contributed by atoms with Gasteiger partial charge in [-0.1, -0.05) is 6.07 Å². The molecule has 92 valence electrons. The number of nitrogens with zero attached hydrogens (tertiary/aromatic N) is 1. The van der Waals surface area contributed by atoms with Gasteiger partial charge in [-0.2, -0.15) is 0 Å². The van der Waals surface area contributed by atoms with E-state index in [1.54, 1.807) is 18.0 Å². The van der Waals surface area contributed by atoms with Crippen LogP contribution < -0.4 is 5.32 Å². The Labute approximate surface area is 98.4 Å². The Kier molecular flexibility index (Phi) is 3.38. The van der Waals surface area contributed by atoms with E-state index in [2.05, 4.69) is 5.32 Å². The first kappa shape index (κ1) is 12.0. The fourth-order valence-electron chi connectivity index (χ4n) is 1.96. The van der Waals surface area contributed by atoms with E-state index in [-0.39, 0.29) is 11.9 Å². The highest BCUT2D eigenvalue weighted by molar-refractivity contribution is 5.79. The lowest BCUT2D eigenvalue weighted by atomic mass is 10.0. The Balaban J connectivity index is 2.09. The van der Waals surface area contributed by atoms with Crippen molar-refractivity contribution in [3.63, 3.8) is 0 Å². The van der Waals surface area contributed by atoms with Gasteiger partial charge in [0, 0.05) is 19.6 Å². The summed E-state index contributed by atoms with van der Waals surface area (Å²) in [6.45, 7) is 1.01. The van der Waals surface area contributed by atoms with Crippen LogP contribution in [0.1, 0.15) is 5.56 Å². The fraction of sp³-hybridized carbons (Fsp3) is 0.417. The monoisotopic (exact) mass is 240 g/mol. The second kappa shape index (κ2) is 4.79. The molecule has 3 nitrogen and oxygen atoms in total. The predicted octanol–water partition coefficient (Wildman–Crippen LogP) is 0.938. The Morgan fingerprint density at radius 3 is 2.88 bits per heavy atom. The Morgan fingerprint density at radius 1 is 1.41 bits per heavy atom. The minimum atomic E-state index is -0.847. The number of nitrogens with one attached hydrogen (secondary N) is 1. The molecule has 0 bridgehead atoms. The quantitative estimate of drug-likeness (QED) is 0.834. The van der Waals surface area contributed by atoms with E-state index < -0.39 is 11.6 Å². The molecule has 1 aliphatic rings. The summed E-state index contributed by atoms with van der Waals surface area (Å²) in [4.78, 5) is 13.1. The van der Waals surface area contributed by atoms with Crippen molar-refractivity contribution in [3.05, 3.63) is 35.4 Å². The molecule has 1 aromatic carbocycles. The largest absolute Gasteiger partial charge is 0.340 e. The molecule has 0 spiro atoms. The van der Waals surface area contributed by atoms with Crippen molar-refractivity contribution in [1.29, 1.82) is 0 Å². The van der Waals surface area contributed by atoms with Gasteiger partial charge >= 0.3 is 0 Å². The molecule has 1 aromatic rings. The number of carbonyl (C=O) groups excluding carboxylic acids is 1. The Hall–Kier alpha value is -1.49. The van der Waals surface area contributed by atoms with Gasteiger partial charge in [0.15, 0.2) is 11.6 Å². The Morgan fingerprint density at radius 2 is 2.18 bits per heavy atom. The molecule has 0 saturated carbocycles. The molecule has 2 rings (SSSR count). The molecular weight excluding hydrogens is 226 g/mol. The molecule has 0 aromatic heterocycles. The van der Waals surface area contributed by atoms with Gasteiger partial charge in [0.1, 0.15) is 0 Å². The molecular formula is C12H14F2N2O. The van der Waals surface area contributed by atoms with E-state index in [9.17, 15) is 13.6 Å². The zero-order chi connectivity index (χ0) is 12.4. The van der Waals surface area contributed by atoms with E-state index in [4.69, 9.17) is 0 Å². The number of halogens is 2. The highest BCUT2D eigenvalue weighted by Crippen LogP contribution is 2.13. The zero-order valence-electron chi connectivity index (χ0n) is 9.54. The van der Waals surface area contributed by atoms with E-state index >= 15 is 0 Å². The van der Waals surface area contributed by atoms with Crippen molar-refractivity contribution in [2.45, 2.75) is 12.5 Å². The number of hydrogen-bond acceptors (Lipinski definition) is 2. The SMILES string of the molecule is CN1C(=O)CNCC1Cc1ccc(F)c(F)c1. The number of hydrogen-bond donors (Lipinski definition) is 1. The summed E-state index contributed by atoms with van der Waals surface area (Å²) in [7, 11) is 1.73. The van der Waals surface area contributed by atoms with Crippen LogP contribution in [0.15, 0.2) is 18.2 Å². The summed E-state index contributed by atoms with van der Waals surface area (Å²) in [6.07, 6.45) is 0.520. The van der Waals surface area contributed by atoms with Crippen LogP contribution in [0, 0.1) is 11.6 Å². The molecule has 1 atom stereocenters. The van der Waals surface area contributed by atoms with E-state index in [0.29, 0.717) is 25.1 Å². The van der Waals surface area contributed by atoms with Crippen molar-refractivity contribution in [1.82, 2.24) is 10.2 Å². The predicted molar refractivity (Wildman–Crippen MR) is 59.5 cm³/mol. The summed E-state index contributed by atoms with van der Waals surface area (Å²) in [5.41, 5.74) is 0.692. The lowest BCUT2D eigenvalue weighted by Gasteiger charge is -2.33. The number of likely N-dealkylation sites (N-methyl/N-ethyl adjacent to an activating group) is 1. The molecule has 0 aliphatic carbocycles. The molecule has 1 aliphatic heterocycles. The van der Waals surface area contributed by atoms with Gasteiger partial charge in [-0.05, 0) is 24.1 Å². The number of rotatable bonds is 2. The van der Waals surface area contributed by atoms with Crippen LogP contribution >= 0.6 is 0 Å². The number of carbonyl (C=O) groups is 1. The molecule has 1 fully saturated rings. The Bertz CT molecular complexity index is 437. The maximum atomic E-state index is 13.0. The van der Waals surface area contributed by atoms with Crippen molar-refractivity contribution in [3.8, 4) is 0 Å². The maximum Gasteiger partial charge on any atom is 0.236 e. The molecule has 0 radical (unpaired) electrons. The number of amides is 1. The second-order valence-electron chi connectivity index (χ2n) is 4.24. The third-order valence-corrected chi connectivity index (χ3v) is 3.05. The molecule has 5 heteroatoms. The van der Waals surface area contributed by atoms with Crippen molar-refractivity contribution in [2.75, 3.05) is 20.1 Å². The van der Waals surface area contributed by atoms with E-state index in [1.165, 1.54) is 6.07 Å². The van der Waals surface area contributed by atoms with Crippen LogP contribution in [0.2, 0.25) is 0 Å². The normalized spacial score (nSPS) is 20.8. The fourth-order valence-corrected chi connectivity index (χ4v) is 1.96. The first-order chi connectivity index (χ1) is 8.08. The van der Waals surface area contributed by atoms with Crippen molar-refractivity contribution in [2.24, 2.45) is 0 Å². The molecule has 1 N–H and O–H groups in total. The molecule has 1 amide bonds. The van der Waals surface area contributed by atoms with Gasteiger partial charge in [0.25, 0.3) is 0 Å². The van der Waals surface area contributed by atoms with Crippen LogP contribution in [0.25, 0.3) is 0 Å². The van der Waals surface area contributed by atoms with Crippen LogP contribution in [0.5, 0.6) is 0 Å². The molecule has 1 heterocycles. The third kappa shape index (κ3) is 2.61. The highest BCUT2D eigenvalue weighted by Gasteiger charge is 2.24. The molecule has 1 unspecified atom stereocenters. The zero-order valence-corrected chi connectivity index (χ0v) is 9.54. The standard InChI is InChI=1S/C12H14F2N2O/c1-16-9(6-15-7-12(16)17)4-8-2-3-10(13)11(14)5-8/h2-3,5,9,15H,4,6-7H2,1H3.